The van der Waals surface area contributed by atoms with E-state index >= 15 is 0 Å². The number of rotatable bonds is 7. The van der Waals surface area contributed by atoms with Crippen LogP contribution in [0.2, 0.25) is 0 Å². The lowest BCUT2D eigenvalue weighted by atomic mass is 10.0. The van der Waals surface area contributed by atoms with E-state index in [-0.39, 0.29) is 11.7 Å². The van der Waals surface area contributed by atoms with Crippen molar-refractivity contribution >= 4 is 23.4 Å². The normalized spacial score (nSPS) is 10.8. The summed E-state index contributed by atoms with van der Waals surface area (Å²) in [5.74, 6) is 1.26. The molecule has 0 bridgehead atoms. The minimum atomic E-state index is -0.120. The highest BCUT2D eigenvalue weighted by Crippen LogP contribution is 2.30. The van der Waals surface area contributed by atoms with E-state index in [4.69, 9.17) is 4.42 Å². The van der Waals surface area contributed by atoms with Crippen LogP contribution < -0.4 is 5.32 Å². The van der Waals surface area contributed by atoms with Crippen LogP contribution >= 0.6 is 11.8 Å². The molecule has 1 amide bonds. The molecule has 0 saturated carbocycles. The van der Waals surface area contributed by atoms with Crippen LogP contribution in [0.3, 0.4) is 0 Å². The predicted molar refractivity (Wildman–Crippen MR) is 130 cm³/mol. The Labute approximate surface area is 195 Å². The van der Waals surface area contributed by atoms with Crippen molar-refractivity contribution in [3.63, 3.8) is 0 Å². The Morgan fingerprint density at radius 2 is 1.58 bits per heavy atom. The molecule has 0 aliphatic rings. The largest absolute Gasteiger partial charge is 0.461 e. The Bertz CT molecular complexity index is 1350. The van der Waals surface area contributed by atoms with Gasteiger partial charge in [0.25, 0.3) is 0 Å². The zero-order valence-corrected chi connectivity index (χ0v) is 18.4. The molecular weight excluding hydrogens is 432 g/mol. The molecule has 2 heterocycles. The summed E-state index contributed by atoms with van der Waals surface area (Å²) in [5.41, 5.74) is 3.69. The van der Waals surface area contributed by atoms with E-state index in [1.165, 1.54) is 11.8 Å². The summed E-state index contributed by atoms with van der Waals surface area (Å²) in [6.07, 6.45) is 1.60. The van der Waals surface area contributed by atoms with Gasteiger partial charge in [0.15, 0.2) is 10.9 Å². The average Bonchev–Trinajstić information content (AvgIpc) is 3.54. The number of hydrogen-bond donors (Lipinski definition) is 1. The van der Waals surface area contributed by atoms with Crippen molar-refractivity contribution in [2.75, 3.05) is 11.1 Å². The third kappa shape index (κ3) is 4.58. The Hall–Kier alpha value is -4.10. The first-order valence-corrected chi connectivity index (χ1v) is 11.4. The number of furan rings is 1. The van der Waals surface area contributed by atoms with Crippen LogP contribution in [0.15, 0.2) is 113 Å². The first-order valence-electron chi connectivity index (χ1n) is 10.4. The van der Waals surface area contributed by atoms with E-state index in [2.05, 4.69) is 15.5 Å². The summed E-state index contributed by atoms with van der Waals surface area (Å²) in [7, 11) is 0. The summed E-state index contributed by atoms with van der Waals surface area (Å²) in [6.45, 7) is 0. The van der Waals surface area contributed by atoms with Gasteiger partial charge in [-0.05, 0) is 35.9 Å². The van der Waals surface area contributed by atoms with Gasteiger partial charge in [-0.25, -0.2) is 0 Å². The van der Waals surface area contributed by atoms with Crippen molar-refractivity contribution in [3.8, 4) is 28.4 Å². The van der Waals surface area contributed by atoms with Gasteiger partial charge in [-0.1, -0.05) is 78.5 Å². The third-order valence-corrected chi connectivity index (χ3v) is 5.94. The van der Waals surface area contributed by atoms with Crippen LogP contribution in [0.25, 0.3) is 28.4 Å². The Morgan fingerprint density at radius 1 is 0.848 bits per heavy atom. The van der Waals surface area contributed by atoms with E-state index in [1.54, 1.807) is 6.26 Å². The summed E-state index contributed by atoms with van der Waals surface area (Å²) >= 11 is 1.32. The minimum absolute atomic E-state index is 0.120. The molecule has 2 aromatic heterocycles. The van der Waals surface area contributed by atoms with Crippen LogP contribution in [-0.4, -0.2) is 26.4 Å². The zero-order chi connectivity index (χ0) is 22.5. The van der Waals surface area contributed by atoms with Gasteiger partial charge in [0.1, 0.15) is 0 Å². The van der Waals surface area contributed by atoms with Crippen molar-refractivity contribution in [2.24, 2.45) is 0 Å². The van der Waals surface area contributed by atoms with E-state index in [1.807, 2.05) is 102 Å². The molecule has 7 heteroatoms. The predicted octanol–water partition coefficient (Wildman–Crippen LogP) is 5.93. The molecule has 0 saturated heterocycles. The van der Waals surface area contributed by atoms with Gasteiger partial charge in [-0.2, -0.15) is 0 Å². The van der Waals surface area contributed by atoms with Crippen molar-refractivity contribution in [2.45, 2.75) is 5.16 Å². The summed E-state index contributed by atoms with van der Waals surface area (Å²) in [5, 5.41) is 12.3. The standard InChI is InChI=1S/C26H20N4O2S/c31-24(27-22-15-8-7-14-21(22)19-10-3-1-4-11-19)18-33-26-29-28-25(23-16-9-17-32-23)30(26)20-12-5-2-6-13-20/h1-17H,18H2,(H,27,31). The molecule has 162 valence electrons. The quantitative estimate of drug-likeness (QED) is 0.310. The molecule has 0 radical (unpaired) electrons. The van der Waals surface area contributed by atoms with Gasteiger partial charge < -0.3 is 9.73 Å². The number of para-hydroxylation sites is 2. The molecule has 1 N–H and O–H groups in total. The molecule has 0 aliphatic carbocycles. The Morgan fingerprint density at radius 3 is 2.33 bits per heavy atom. The lowest BCUT2D eigenvalue weighted by Gasteiger charge is -2.12. The Balaban J connectivity index is 1.36. The second kappa shape index (κ2) is 9.58. The van der Waals surface area contributed by atoms with Crippen molar-refractivity contribution in [1.82, 2.24) is 14.8 Å². The van der Waals surface area contributed by atoms with E-state index in [9.17, 15) is 4.79 Å². The number of aromatic nitrogens is 3. The molecule has 5 rings (SSSR count). The lowest BCUT2D eigenvalue weighted by molar-refractivity contribution is -0.113. The van der Waals surface area contributed by atoms with Crippen molar-refractivity contribution < 1.29 is 9.21 Å². The smallest absolute Gasteiger partial charge is 0.234 e. The zero-order valence-electron chi connectivity index (χ0n) is 17.6. The summed E-state index contributed by atoms with van der Waals surface area (Å²) in [6, 6.07) is 31.2. The fourth-order valence-corrected chi connectivity index (χ4v) is 4.27. The van der Waals surface area contributed by atoms with Gasteiger partial charge in [-0.3, -0.25) is 9.36 Å². The molecular formula is C26H20N4O2S. The second-order valence-electron chi connectivity index (χ2n) is 7.20. The third-order valence-electron chi connectivity index (χ3n) is 5.01. The molecule has 5 aromatic rings. The molecule has 0 fully saturated rings. The van der Waals surface area contributed by atoms with Crippen LogP contribution in [0.5, 0.6) is 0 Å². The number of nitrogens with one attached hydrogen (secondary N) is 1. The first-order chi connectivity index (χ1) is 16.3. The maximum absolute atomic E-state index is 12.8. The molecule has 3 aromatic carbocycles. The average molecular weight is 453 g/mol. The summed E-state index contributed by atoms with van der Waals surface area (Å²) < 4.78 is 7.44. The monoisotopic (exact) mass is 452 g/mol. The number of nitrogens with zero attached hydrogens (tertiary/aromatic N) is 3. The topological polar surface area (TPSA) is 73.0 Å². The number of thioether (sulfide) groups is 1. The highest BCUT2D eigenvalue weighted by atomic mass is 32.2. The number of carbonyl (C=O) groups is 1. The van der Waals surface area contributed by atoms with Crippen LogP contribution in [0.1, 0.15) is 0 Å². The minimum Gasteiger partial charge on any atom is -0.461 e. The van der Waals surface area contributed by atoms with Gasteiger partial charge in [0.2, 0.25) is 11.7 Å². The highest BCUT2D eigenvalue weighted by Gasteiger charge is 2.19. The Kier molecular flexibility index (Phi) is 6.04. The van der Waals surface area contributed by atoms with Crippen molar-refractivity contribution in [1.29, 1.82) is 0 Å². The van der Waals surface area contributed by atoms with E-state index in [0.29, 0.717) is 16.7 Å². The second-order valence-corrected chi connectivity index (χ2v) is 8.15. The lowest BCUT2D eigenvalue weighted by Crippen LogP contribution is -2.15. The fourth-order valence-electron chi connectivity index (χ4n) is 3.52. The molecule has 33 heavy (non-hydrogen) atoms. The number of hydrogen-bond acceptors (Lipinski definition) is 5. The maximum atomic E-state index is 12.8. The van der Waals surface area contributed by atoms with Crippen LogP contribution in [-0.2, 0) is 4.79 Å². The van der Waals surface area contributed by atoms with Gasteiger partial charge >= 0.3 is 0 Å². The molecule has 0 aliphatic heterocycles. The number of carbonyl (C=O) groups excluding carboxylic acids is 1. The van der Waals surface area contributed by atoms with Gasteiger partial charge in [0.05, 0.1) is 12.0 Å². The molecule has 0 unspecified atom stereocenters. The summed E-state index contributed by atoms with van der Waals surface area (Å²) in [4.78, 5) is 12.8. The maximum Gasteiger partial charge on any atom is 0.234 e. The fraction of sp³-hybridized carbons (Fsp3) is 0.0385. The number of amides is 1. The highest BCUT2D eigenvalue weighted by molar-refractivity contribution is 7.99. The van der Waals surface area contributed by atoms with E-state index < -0.39 is 0 Å². The van der Waals surface area contributed by atoms with Gasteiger partial charge in [0, 0.05) is 16.9 Å². The van der Waals surface area contributed by atoms with Gasteiger partial charge in [-0.15, -0.1) is 10.2 Å². The molecule has 6 nitrogen and oxygen atoms in total. The van der Waals surface area contributed by atoms with Crippen LogP contribution in [0, 0.1) is 0 Å². The SMILES string of the molecule is O=C(CSc1nnc(-c2ccco2)n1-c1ccccc1)Nc1ccccc1-c1ccccc1. The molecule has 0 atom stereocenters. The van der Waals surface area contributed by atoms with Crippen LogP contribution in [0.4, 0.5) is 5.69 Å². The molecule has 0 spiro atoms. The number of anilines is 1. The number of benzene rings is 3. The first kappa shape index (κ1) is 20.8. The van der Waals surface area contributed by atoms with E-state index in [0.717, 1.165) is 22.5 Å². The van der Waals surface area contributed by atoms with Crippen molar-refractivity contribution in [3.05, 3.63) is 103 Å².